The molecule has 0 spiro atoms. The Bertz CT molecular complexity index is 895. The predicted molar refractivity (Wildman–Crippen MR) is 104 cm³/mol. The fraction of sp³-hybridized carbons (Fsp3) is 0.400. The molecule has 1 saturated heterocycles. The Balaban J connectivity index is 1.61. The number of fused-ring (bicyclic) bond motifs is 1. The van der Waals surface area contributed by atoms with E-state index in [0.29, 0.717) is 11.1 Å². The van der Waals surface area contributed by atoms with Gasteiger partial charge in [-0.15, -0.1) is 0 Å². The third-order valence-electron chi connectivity index (χ3n) is 4.97. The van der Waals surface area contributed by atoms with Crippen LogP contribution in [0.3, 0.4) is 0 Å². The summed E-state index contributed by atoms with van der Waals surface area (Å²) in [6.07, 6.45) is 2.36. The Morgan fingerprint density at radius 3 is 2.88 bits per heavy atom. The minimum Gasteiger partial charge on any atom is -0.373 e. The predicted octanol–water partition coefficient (Wildman–Crippen LogP) is 4.30. The summed E-state index contributed by atoms with van der Waals surface area (Å²) in [7, 11) is 2.08. The molecule has 1 aliphatic heterocycles. The molecule has 5 nitrogen and oxygen atoms in total. The molecular formula is C20H23ClN4O. The summed E-state index contributed by atoms with van der Waals surface area (Å²) >= 11 is 6.24. The highest BCUT2D eigenvalue weighted by Crippen LogP contribution is 2.35. The molecule has 1 aliphatic rings. The van der Waals surface area contributed by atoms with Gasteiger partial charge in [0.05, 0.1) is 11.8 Å². The van der Waals surface area contributed by atoms with Crippen LogP contribution >= 0.6 is 11.6 Å². The van der Waals surface area contributed by atoms with Crippen molar-refractivity contribution in [2.75, 3.05) is 25.1 Å². The van der Waals surface area contributed by atoms with Crippen LogP contribution in [0.2, 0.25) is 5.15 Å². The second-order valence-electron chi connectivity index (χ2n) is 6.98. The van der Waals surface area contributed by atoms with Gasteiger partial charge in [-0.25, -0.2) is 4.98 Å². The van der Waals surface area contributed by atoms with Gasteiger partial charge in [-0.05, 0) is 25.3 Å². The van der Waals surface area contributed by atoms with E-state index in [2.05, 4.69) is 46.3 Å². The average Bonchev–Trinajstić information content (AvgIpc) is 3.02. The first-order valence-electron chi connectivity index (χ1n) is 9.02. The van der Waals surface area contributed by atoms with Crippen LogP contribution in [0.4, 0.5) is 5.82 Å². The van der Waals surface area contributed by atoms with Crippen LogP contribution in [-0.2, 0) is 4.74 Å². The highest BCUT2D eigenvalue weighted by molar-refractivity contribution is 6.29. The zero-order chi connectivity index (χ0) is 18.1. The zero-order valence-corrected chi connectivity index (χ0v) is 15.9. The van der Waals surface area contributed by atoms with E-state index in [9.17, 15) is 0 Å². The van der Waals surface area contributed by atoms with Crippen LogP contribution in [0, 0.1) is 12.8 Å². The molecule has 2 atom stereocenters. The molecule has 0 N–H and O–H groups in total. The highest BCUT2D eigenvalue weighted by atomic mass is 35.5. The van der Waals surface area contributed by atoms with Crippen LogP contribution < -0.4 is 4.90 Å². The largest absolute Gasteiger partial charge is 0.373 e. The van der Waals surface area contributed by atoms with E-state index >= 15 is 0 Å². The van der Waals surface area contributed by atoms with Gasteiger partial charge < -0.3 is 9.64 Å². The van der Waals surface area contributed by atoms with Gasteiger partial charge in [-0.2, -0.15) is 9.61 Å². The molecule has 3 heterocycles. The van der Waals surface area contributed by atoms with Crippen molar-refractivity contribution in [1.82, 2.24) is 14.6 Å². The van der Waals surface area contributed by atoms with Gasteiger partial charge in [-0.1, -0.05) is 41.9 Å². The third-order valence-corrected chi connectivity index (χ3v) is 5.17. The maximum absolute atomic E-state index is 6.24. The first-order chi connectivity index (χ1) is 12.6. The molecule has 0 aliphatic carbocycles. The van der Waals surface area contributed by atoms with Crippen molar-refractivity contribution in [2.24, 2.45) is 5.92 Å². The SMILES string of the molecule is Cc1cc2nc(Cl)cc(N(C)CC3CCCOC3c3ccccc3)n2n1. The van der Waals surface area contributed by atoms with Crippen molar-refractivity contribution in [2.45, 2.75) is 25.9 Å². The Labute approximate surface area is 158 Å². The summed E-state index contributed by atoms with van der Waals surface area (Å²) in [4.78, 5) is 6.57. The normalized spacial score (nSPS) is 20.4. The van der Waals surface area contributed by atoms with E-state index in [1.54, 1.807) is 0 Å². The lowest BCUT2D eigenvalue weighted by Crippen LogP contribution is -2.34. The number of ether oxygens (including phenoxy) is 1. The summed E-state index contributed by atoms with van der Waals surface area (Å²) < 4.78 is 8.00. The summed E-state index contributed by atoms with van der Waals surface area (Å²) in [5, 5.41) is 5.05. The maximum atomic E-state index is 6.24. The van der Waals surface area contributed by atoms with Crippen LogP contribution in [0.15, 0.2) is 42.5 Å². The molecule has 6 heteroatoms. The fourth-order valence-corrected chi connectivity index (χ4v) is 3.99. The fourth-order valence-electron chi connectivity index (χ4n) is 3.80. The molecule has 4 rings (SSSR count). The van der Waals surface area contributed by atoms with Crippen LogP contribution in [0.25, 0.3) is 5.65 Å². The standard InChI is InChI=1S/C20H23ClN4O/c1-14-11-18-22-17(21)12-19(25(18)23-14)24(2)13-16-9-6-10-26-20(16)15-7-4-3-5-8-15/h3-5,7-8,11-12,16,20H,6,9-10,13H2,1-2H3. The number of rotatable bonds is 4. The molecule has 26 heavy (non-hydrogen) atoms. The van der Waals surface area contributed by atoms with Crippen molar-refractivity contribution in [3.63, 3.8) is 0 Å². The summed E-state index contributed by atoms with van der Waals surface area (Å²) in [5.41, 5.74) is 2.95. The van der Waals surface area contributed by atoms with E-state index < -0.39 is 0 Å². The summed E-state index contributed by atoms with van der Waals surface area (Å²) in [5.74, 6) is 1.36. The lowest BCUT2D eigenvalue weighted by molar-refractivity contribution is -0.0255. The average molecular weight is 371 g/mol. The number of hydrogen-bond acceptors (Lipinski definition) is 4. The maximum Gasteiger partial charge on any atom is 0.159 e. The smallest absolute Gasteiger partial charge is 0.159 e. The summed E-state index contributed by atoms with van der Waals surface area (Å²) in [6, 6.07) is 14.3. The number of hydrogen-bond donors (Lipinski definition) is 0. The van der Waals surface area contributed by atoms with E-state index in [-0.39, 0.29) is 6.10 Å². The number of halogens is 1. The van der Waals surface area contributed by atoms with Crippen molar-refractivity contribution in [3.05, 3.63) is 58.9 Å². The second-order valence-corrected chi connectivity index (χ2v) is 7.36. The topological polar surface area (TPSA) is 42.7 Å². The Kier molecular flexibility index (Phi) is 4.83. The number of aromatic nitrogens is 3. The molecule has 0 radical (unpaired) electrons. The van der Waals surface area contributed by atoms with Gasteiger partial charge in [0.2, 0.25) is 0 Å². The molecule has 3 aromatic rings. The monoisotopic (exact) mass is 370 g/mol. The minimum absolute atomic E-state index is 0.125. The zero-order valence-electron chi connectivity index (χ0n) is 15.1. The number of aryl methyl sites for hydroxylation is 1. The quantitative estimate of drug-likeness (QED) is 0.642. The van der Waals surface area contributed by atoms with Gasteiger partial charge in [0, 0.05) is 38.2 Å². The van der Waals surface area contributed by atoms with E-state index in [1.807, 2.05) is 29.6 Å². The first-order valence-corrected chi connectivity index (χ1v) is 9.40. The van der Waals surface area contributed by atoms with Gasteiger partial charge >= 0.3 is 0 Å². The second kappa shape index (κ2) is 7.25. The minimum atomic E-state index is 0.125. The van der Waals surface area contributed by atoms with E-state index in [4.69, 9.17) is 16.3 Å². The molecule has 0 saturated carbocycles. The molecular weight excluding hydrogens is 348 g/mol. The molecule has 136 valence electrons. The van der Waals surface area contributed by atoms with Gasteiger partial charge in [0.15, 0.2) is 5.65 Å². The van der Waals surface area contributed by atoms with E-state index in [1.165, 1.54) is 5.56 Å². The van der Waals surface area contributed by atoms with Crippen molar-refractivity contribution in [1.29, 1.82) is 0 Å². The molecule has 1 fully saturated rings. The Morgan fingerprint density at radius 2 is 2.08 bits per heavy atom. The molecule has 0 amide bonds. The third kappa shape index (κ3) is 3.41. The number of anilines is 1. The molecule has 2 aromatic heterocycles. The highest BCUT2D eigenvalue weighted by Gasteiger charge is 2.29. The molecule has 0 bridgehead atoms. The van der Waals surface area contributed by atoms with Crippen LogP contribution in [-0.4, -0.2) is 34.8 Å². The van der Waals surface area contributed by atoms with Crippen LogP contribution in [0.5, 0.6) is 0 Å². The Hall–Kier alpha value is -2.11. The lowest BCUT2D eigenvalue weighted by atomic mass is 9.89. The molecule has 1 aromatic carbocycles. The van der Waals surface area contributed by atoms with Gasteiger partial charge in [0.25, 0.3) is 0 Å². The van der Waals surface area contributed by atoms with Gasteiger partial charge in [0.1, 0.15) is 11.0 Å². The van der Waals surface area contributed by atoms with Crippen molar-refractivity contribution >= 4 is 23.1 Å². The van der Waals surface area contributed by atoms with Crippen molar-refractivity contribution < 1.29 is 4.74 Å². The number of nitrogens with zero attached hydrogens (tertiary/aromatic N) is 4. The molecule has 2 unspecified atom stereocenters. The van der Waals surface area contributed by atoms with Crippen LogP contribution in [0.1, 0.15) is 30.2 Å². The van der Waals surface area contributed by atoms with Crippen molar-refractivity contribution in [3.8, 4) is 0 Å². The number of benzene rings is 1. The first kappa shape index (κ1) is 17.3. The Morgan fingerprint density at radius 1 is 1.27 bits per heavy atom. The van der Waals surface area contributed by atoms with Gasteiger partial charge in [-0.3, -0.25) is 0 Å². The summed E-state index contributed by atoms with van der Waals surface area (Å²) in [6.45, 7) is 3.66. The lowest BCUT2D eigenvalue weighted by Gasteiger charge is -2.35. The van der Waals surface area contributed by atoms with E-state index in [0.717, 1.165) is 43.2 Å².